The van der Waals surface area contributed by atoms with Gasteiger partial charge in [-0.3, -0.25) is 0 Å². The van der Waals surface area contributed by atoms with Crippen molar-refractivity contribution in [2.24, 2.45) is 5.92 Å². The van der Waals surface area contributed by atoms with Crippen molar-refractivity contribution in [1.29, 1.82) is 0 Å². The van der Waals surface area contributed by atoms with Gasteiger partial charge in [-0.05, 0) is 37.5 Å². The zero-order chi connectivity index (χ0) is 14.6. The van der Waals surface area contributed by atoms with Gasteiger partial charge in [0.05, 0.1) is 7.11 Å². The topological polar surface area (TPSA) is 81.4 Å². The Morgan fingerprint density at radius 2 is 1.95 bits per heavy atom. The first-order valence-electron chi connectivity index (χ1n) is 6.22. The van der Waals surface area contributed by atoms with Crippen LogP contribution in [0.1, 0.15) is 27.2 Å². The highest BCUT2D eigenvalue weighted by Crippen LogP contribution is 2.26. The normalized spacial score (nSPS) is 13.5. The fourth-order valence-electron chi connectivity index (χ4n) is 1.99. The van der Waals surface area contributed by atoms with Crippen LogP contribution in [0.15, 0.2) is 23.1 Å². The molecule has 0 aromatic heterocycles. The zero-order valence-corrected chi connectivity index (χ0v) is 12.6. The van der Waals surface area contributed by atoms with Crippen molar-refractivity contribution in [3.8, 4) is 5.75 Å². The van der Waals surface area contributed by atoms with Crippen molar-refractivity contribution < 1.29 is 13.2 Å². The van der Waals surface area contributed by atoms with Gasteiger partial charge in [0.15, 0.2) is 0 Å². The number of anilines is 1. The number of sulfonamides is 1. The Balaban J connectivity index is 3.03. The molecule has 5 nitrogen and oxygen atoms in total. The Labute approximate surface area is 115 Å². The number of rotatable bonds is 6. The van der Waals surface area contributed by atoms with E-state index in [0.717, 1.165) is 6.42 Å². The summed E-state index contributed by atoms with van der Waals surface area (Å²) in [6, 6.07) is 4.42. The van der Waals surface area contributed by atoms with E-state index in [0.29, 0.717) is 17.4 Å². The number of hydrogen-bond donors (Lipinski definition) is 2. The van der Waals surface area contributed by atoms with Crippen LogP contribution in [-0.4, -0.2) is 21.6 Å². The molecule has 19 heavy (non-hydrogen) atoms. The van der Waals surface area contributed by atoms with E-state index in [2.05, 4.69) is 4.72 Å². The van der Waals surface area contributed by atoms with Gasteiger partial charge < -0.3 is 10.5 Å². The molecule has 1 rings (SSSR count). The standard InChI is InChI=1S/C13H22N2O3S/c1-9(2)7-10(3)15-19(16,17)13-8-11(14)5-6-12(13)18-4/h5-6,8-10,15H,7,14H2,1-4H3. The van der Waals surface area contributed by atoms with Gasteiger partial charge in [-0.25, -0.2) is 13.1 Å². The van der Waals surface area contributed by atoms with E-state index in [-0.39, 0.29) is 10.9 Å². The minimum Gasteiger partial charge on any atom is -0.495 e. The molecular formula is C13H22N2O3S. The third-order valence-corrected chi connectivity index (χ3v) is 4.27. The van der Waals surface area contributed by atoms with Crippen molar-refractivity contribution in [3.05, 3.63) is 18.2 Å². The number of hydrogen-bond acceptors (Lipinski definition) is 4. The lowest BCUT2D eigenvalue weighted by Gasteiger charge is -2.17. The quantitative estimate of drug-likeness (QED) is 0.784. The smallest absolute Gasteiger partial charge is 0.244 e. The Bertz CT molecular complexity index is 527. The summed E-state index contributed by atoms with van der Waals surface area (Å²) in [4.78, 5) is 0.0746. The monoisotopic (exact) mass is 286 g/mol. The molecule has 0 saturated heterocycles. The molecule has 3 N–H and O–H groups in total. The first kappa shape index (κ1) is 15.8. The number of benzene rings is 1. The Morgan fingerprint density at radius 3 is 2.47 bits per heavy atom. The molecule has 0 spiro atoms. The SMILES string of the molecule is COc1ccc(N)cc1S(=O)(=O)NC(C)CC(C)C. The molecule has 0 heterocycles. The van der Waals surface area contributed by atoms with Crippen molar-refractivity contribution >= 4 is 15.7 Å². The molecule has 1 atom stereocenters. The largest absolute Gasteiger partial charge is 0.495 e. The van der Waals surface area contributed by atoms with E-state index in [9.17, 15) is 8.42 Å². The van der Waals surface area contributed by atoms with Gasteiger partial charge in [0.1, 0.15) is 10.6 Å². The lowest BCUT2D eigenvalue weighted by Crippen LogP contribution is -2.33. The van der Waals surface area contributed by atoms with Crippen LogP contribution in [0.2, 0.25) is 0 Å². The molecule has 0 saturated carbocycles. The maximum Gasteiger partial charge on any atom is 0.244 e. The molecule has 0 amide bonds. The number of nitrogen functional groups attached to an aromatic ring is 1. The van der Waals surface area contributed by atoms with Crippen LogP contribution in [-0.2, 0) is 10.0 Å². The number of ether oxygens (including phenoxy) is 1. The molecule has 1 aromatic carbocycles. The molecule has 0 bridgehead atoms. The van der Waals surface area contributed by atoms with Crippen LogP contribution in [0.5, 0.6) is 5.75 Å². The summed E-state index contributed by atoms with van der Waals surface area (Å²) in [5.74, 6) is 0.707. The minimum atomic E-state index is -3.63. The molecule has 0 aliphatic rings. The second-order valence-electron chi connectivity index (χ2n) is 5.06. The lowest BCUT2D eigenvalue weighted by molar-refractivity contribution is 0.401. The van der Waals surface area contributed by atoms with Crippen LogP contribution in [0.25, 0.3) is 0 Å². The molecule has 6 heteroatoms. The predicted molar refractivity (Wildman–Crippen MR) is 76.6 cm³/mol. The Morgan fingerprint density at radius 1 is 1.32 bits per heavy atom. The highest BCUT2D eigenvalue weighted by atomic mass is 32.2. The summed E-state index contributed by atoms with van der Waals surface area (Å²) >= 11 is 0. The molecule has 0 aliphatic heterocycles. The highest BCUT2D eigenvalue weighted by Gasteiger charge is 2.22. The van der Waals surface area contributed by atoms with Gasteiger partial charge >= 0.3 is 0 Å². The van der Waals surface area contributed by atoms with Crippen LogP contribution in [0.3, 0.4) is 0 Å². The number of nitrogens with one attached hydrogen (secondary N) is 1. The summed E-state index contributed by atoms with van der Waals surface area (Å²) in [5.41, 5.74) is 6.03. The lowest BCUT2D eigenvalue weighted by atomic mass is 10.1. The average Bonchev–Trinajstić information content (AvgIpc) is 2.26. The second-order valence-corrected chi connectivity index (χ2v) is 6.74. The summed E-state index contributed by atoms with van der Waals surface area (Å²) in [6.07, 6.45) is 0.768. The van der Waals surface area contributed by atoms with E-state index in [1.165, 1.54) is 13.2 Å². The van der Waals surface area contributed by atoms with Gasteiger partial charge in [-0.15, -0.1) is 0 Å². The van der Waals surface area contributed by atoms with Crippen molar-refractivity contribution in [1.82, 2.24) is 4.72 Å². The van der Waals surface area contributed by atoms with Gasteiger partial charge in [0.2, 0.25) is 10.0 Å². The molecule has 1 unspecified atom stereocenters. The molecule has 1 aromatic rings. The third kappa shape index (κ3) is 4.40. The first-order valence-corrected chi connectivity index (χ1v) is 7.70. The summed E-state index contributed by atoms with van der Waals surface area (Å²) in [7, 11) is -2.19. The van der Waals surface area contributed by atoms with Crippen LogP contribution < -0.4 is 15.2 Å². The molecule has 0 aliphatic carbocycles. The number of methoxy groups -OCH3 is 1. The maximum absolute atomic E-state index is 12.3. The van der Waals surface area contributed by atoms with E-state index < -0.39 is 10.0 Å². The molecule has 0 radical (unpaired) electrons. The number of nitrogens with two attached hydrogens (primary N) is 1. The fraction of sp³-hybridized carbons (Fsp3) is 0.538. The maximum atomic E-state index is 12.3. The average molecular weight is 286 g/mol. The summed E-state index contributed by atoms with van der Waals surface area (Å²) in [6.45, 7) is 5.94. The molecular weight excluding hydrogens is 264 g/mol. The van der Waals surface area contributed by atoms with E-state index in [1.807, 2.05) is 20.8 Å². The minimum absolute atomic E-state index is 0.0746. The van der Waals surface area contributed by atoms with Crippen molar-refractivity contribution in [3.63, 3.8) is 0 Å². The summed E-state index contributed by atoms with van der Waals surface area (Å²) < 4.78 is 32.3. The van der Waals surface area contributed by atoms with Crippen LogP contribution >= 0.6 is 0 Å². The van der Waals surface area contributed by atoms with Crippen molar-refractivity contribution in [2.45, 2.75) is 38.1 Å². The Kier molecular flexibility index (Phi) is 5.20. The molecule has 0 fully saturated rings. The van der Waals surface area contributed by atoms with Gasteiger partial charge in [-0.1, -0.05) is 13.8 Å². The fourth-order valence-corrected chi connectivity index (χ4v) is 3.45. The second kappa shape index (κ2) is 6.25. The summed E-state index contributed by atoms with van der Waals surface area (Å²) in [5, 5.41) is 0. The van der Waals surface area contributed by atoms with E-state index in [4.69, 9.17) is 10.5 Å². The Hall–Kier alpha value is -1.27. The zero-order valence-electron chi connectivity index (χ0n) is 11.8. The van der Waals surface area contributed by atoms with Crippen LogP contribution in [0, 0.1) is 5.92 Å². The van der Waals surface area contributed by atoms with Gasteiger partial charge in [0, 0.05) is 11.7 Å². The van der Waals surface area contributed by atoms with Gasteiger partial charge in [-0.2, -0.15) is 0 Å². The van der Waals surface area contributed by atoms with E-state index in [1.54, 1.807) is 12.1 Å². The van der Waals surface area contributed by atoms with Gasteiger partial charge in [0.25, 0.3) is 0 Å². The van der Waals surface area contributed by atoms with Crippen molar-refractivity contribution in [2.75, 3.05) is 12.8 Å². The highest BCUT2D eigenvalue weighted by molar-refractivity contribution is 7.89. The third-order valence-electron chi connectivity index (χ3n) is 2.66. The predicted octanol–water partition coefficient (Wildman–Crippen LogP) is 1.99. The van der Waals surface area contributed by atoms with Crippen LogP contribution in [0.4, 0.5) is 5.69 Å². The molecule has 108 valence electrons. The first-order chi connectivity index (χ1) is 8.76. The van der Waals surface area contributed by atoms with E-state index >= 15 is 0 Å².